The minimum absolute atomic E-state index is 0.147. The second-order valence-corrected chi connectivity index (χ2v) is 6.76. The maximum absolute atomic E-state index is 12.4. The smallest absolute Gasteiger partial charge is 0.248 e. The van der Waals surface area contributed by atoms with Gasteiger partial charge >= 0.3 is 0 Å². The number of allylic oxidation sites excluding steroid dienone is 1. The van der Waals surface area contributed by atoms with Crippen LogP contribution in [0.5, 0.6) is 17.2 Å². The Balaban J connectivity index is 1.93. The molecule has 4 N–H and O–H groups in total. The van der Waals surface area contributed by atoms with Crippen molar-refractivity contribution in [3.8, 4) is 28.6 Å². The monoisotopic (exact) mass is 407 g/mol. The zero-order chi connectivity index (χ0) is 21.4. The number of carbonyl (C=O) groups excluding carboxylic acids is 1. The number of benzene rings is 2. The van der Waals surface area contributed by atoms with Crippen LogP contribution in [0.4, 0.5) is 5.95 Å². The molecule has 30 heavy (non-hydrogen) atoms. The predicted molar refractivity (Wildman–Crippen MR) is 110 cm³/mol. The SMILES string of the molecule is COc1cccc(C2C(C(N)=O)=C(C)Nc3nc(-c4ccc(O)cc4)nn32)c1OC. The summed E-state index contributed by atoms with van der Waals surface area (Å²) < 4.78 is 12.6. The Morgan fingerprint density at radius 3 is 2.53 bits per heavy atom. The van der Waals surface area contributed by atoms with Gasteiger partial charge in [0.05, 0.1) is 19.8 Å². The van der Waals surface area contributed by atoms with E-state index in [1.165, 1.54) is 7.11 Å². The molecule has 9 heteroatoms. The van der Waals surface area contributed by atoms with Gasteiger partial charge in [0.15, 0.2) is 17.3 Å². The minimum Gasteiger partial charge on any atom is -0.508 e. The van der Waals surface area contributed by atoms with Crippen LogP contribution in [-0.4, -0.2) is 40.0 Å². The number of nitrogens with zero attached hydrogens (tertiary/aromatic N) is 3. The summed E-state index contributed by atoms with van der Waals surface area (Å²) in [4.78, 5) is 17.0. The molecule has 1 unspecified atom stereocenters. The molecule has 0 bridgehead atoms. The number of nitrogens with two attached hydrogens (primary N) is 1. The summed E-state index contributed by atoms with van der Waals surface area (Å²) in [5, 5.41) is 17.3. The number of ether oxygens (including phenoxy) is 2. The second-order valence-electron chi connectivity index (χ2n) is 6.76. The Bertz CT molecular complexity index is 1150. The van der Waals surface area contributed by atoms with Crippen LogP contribution in [0.15, 0.2) is 53.7 Å². The fourth-order valence-electron chi connectivity index (χ4n) is 3.62. The molecule has 3 aromatic rings. The van der Waals surface area contributed by atoms with Crippen LogP contribution < -0.4 is 20.5 Å². The van der Waals surface area contributed by atoms with Gasteiger partial charge in [-0.3, -0.25) is 4.79 Å². The number of aromatic nitrogens is 3. The van der Waals surface area contributed by atoms with Crippen LogP contribution in [-0.2, 0) is 4.79 Å². The van der Waals surface area contributed by atoms with Crippen LogP contribution in [0.25, 0.3) is 11.4 Å². The number of phenols is 1. The van der Waals surface area contributed by atoms with E-state index in [1.54, 1.807) is 49.0 Å². The van der Waals surface area contributed by atoms with E-state index in [1.807, 2.05) is 12.1 Å². The van der Waals surface area contributed by atoms with E-state index in [4.69, 9.17) is 15.2 Å². The minimum atomic E-state index is -0.665. The summed E-state index contributed by atoms with van der Waals surface area (Å²) in [6.07, 6.45) is 0. The first-order valence-electron chi connectivity index (χ1n) is 9.19. The molecule has 0 saturated carbocycles. The van der Waals surface area contributed by atoms with Crippen LogP contribution in [0, 0.1) is 0 Å². The lowest BCUT2D eigenvalue weighted by molar-refractivity contribution is -0.115. The molecule has 1 aromatic heterocycles. The maximum Gasteiger partial charge on any atom is 0.248 e. The summed E-state index contributed by atoms with van der Waals surface area (Å²) in [5.41, 5.74) is 8.04. The van der Waals surface area contributed by atoms with Gasteiger partial charge in [-0.05, 0) is 37.3 Å². The number of primary amides is 1. The highest BCUT2D eigenvalue weighted by Crippen LogP contribution is 2.43. The van der Waals surface area contributed by atoms with Crippen LogP contribution in [0.3, 0.4) is 0 Å². The van der Waals surface area contributed by atoms with Gasteiger partial charge in [0.2, 0.25) is 11.9 Å². The maximum atomic E-state index is 12.4. The van der Waals surface area contributed by atoms with Crippen LogP contribution in [0.1, 0.15) is 18.5 Å². The van der Waals surface area contributed by atoms with Gasteiger partial charge in [0, 0.05) is 16.8 Å². The molecular weight excluding hydrogens is 386 g/mol. The highest BCUT2D eigenvalue weighted by Gasteiger charge is 2.35. The molecule has 1 amide bonds. The second kappa shape index (κ2) is 7.43. The van der Waals surface area contributed by atoms with Crippen molar-refractivity contribution in [3.63, 3.8) is 0 Å². The van der Waals surface area contributed by atoms with Crippen molar-refractivity contribution in [2.75, 3.05) is 19.5 Å². The fourth-order valence-corrected chi connectivity index (χ4v) is 3.62. The Hall–Kier alpha value is -4.01. The molecule has 2 heterocycles. The third-order valence-corrected chi connectivity index (χ3v) is 4.97. The summed E-state index contributed by atoms with van der Waals surface area (Å²) in [6, 6.07) is 11.3. The number of methoxy groups -OCH3 is 2. The molecule has 0 aliphatic carbocycles. The van der Waals surface area contributed by atoms with Gasteiger partial charge in [-0.1, -0.05) is 12.1 Å². The molecule has 1 aliphatic heterocycles. The summed E-state index contributed by atoms with van der Waals surface area (Å²) in [6.45, 7) is 1.76. The Morgan fingerprint density at radius 2 is 1.90 bits per heavy atom. The van der Waals surface area contributed by atoms with E-state index in [-0.39, 0.29) is 5.75 Å². The number of carbonyl (C=O) groups is 1. The van der Waals surface area contributed by atoms with E-state index < -0.39 is 11.9 Å². The molecule has 0 saturated heterocycles. The van der Waals surface area contributed by atoms with E-state index in [9.17, 15) is 9.90 Å². The highest BCUT2D eigenvalue weighted by atomic mass is 16.5. The summed E-state index contributed by atoms with van der Waals surface area (Å²) in [5.74, 6) is 1.45. The number of hydrogen-bond acceptors (Lipinski definition) is 7. The average Bonchev–Trinajstić information content (AvgIpc) is 3.15. The third-order valence-electron chi connectivity index (χ3n) is 4.97. The van der Waals surface area contributed by atoms with Gasteiger partial charge in [-0.2, -0.15) is 4.98 Å². The lowest BCUT2D eigenvalue weighted by Crippen LogP contribution is -2.32. The Kier molecular flexibility index (Phi) is 4.78. The van der Waals surface area contributed by atoms with Crippen molar-refractivity contribution in [2.24, 2.45) is 5.73 Å². The topological polar surface area (TPSA) is 125 Å². The predicted octanol–water partition coefficient (Wildman–Crippen LogP) is 2.44. The zero-order valence-electron chi connectivity index (χ0n) is 16.7. The number of nitrogens with one attached hydrogen (secondary N) is 1. The molecule has 0 fully saturated rings. The number of hydrogen-bond donors (Lipinski definition) is 3. The molecule has 154 valence electrons. The average molecular weight is 407 g/mol. The van der Waals surface area contributed by atoms with Crippen molar-refractivity contribution in [1.29, 1.82) is 0 Å². The van der Waals surface area contributed by atoms with E-state index in [0.29, 0.717) is 45.7 Å². The standard InChI is InChI=1S/C21H21N5O4/c1-11-16(19(22)28)17(14-5-4-6-15(29-2)18(14)30-3)26-21(23-11)24-20(25-26)12-7-9-13(27)10-8-12/h4-10,17,27H,1-3H3,(H2,22,28)(H,23,24,25). The van der Waals surface area contributed by atoms with Gasteiger partial charge < -0.3 is 25.6 Å². The van der Waals surface area contributed by atoms with Gasteiger partial charge in [0.1, 0.15) is 11.8 Å². The van der Waals surface area contributed by atoms with Crippen molar-refractivity contribution in [2.45, 2.75) is 13.0 Å². The number of rotatable bonds is 5. The van der Waals surface area contributed by atoms with Gasteiger partial charge in [-0.15, -0.1) is 5.10 Å². The van der Waals surface area contributed by atoms with Gasteiger partial charge in [0.25, 0.3) is 0 Å². The molecule has 0 radical (unpaired) electrons. The molecular formula is C21H21N5O4. The number of fused-ring (bicyclic) bond motifs is 1. The quantitative estimate of drug-likeness (QED) is 0.593. The molecule has 0 spiro atoms. The van der Waals surface area contributed by atoms with Crippen LogP contribution in [0.2, 0.25) is 0 Å². The highest BCUT2D eigenvalue weighted by molar-refractivity contribution is 5.95. The Labute approximate surface area is 172 Å². The first-order valence-corrected chi connectivity index (χ1v) is 9.19. The molecule has 9 nitrogen and oxygen atoms in total. The Morgan fingerprint density at radius 1 is 1.17 bits per heavy atom. The number of para-hydroxylation sites is 1. The number of amides is 1. The normalized spacial score (nSPS) is 15.4. The molecule has 1 atom stereocenters. The largest absolute Gasteiger partial charge is 0.508 e. The number of anilines is 1. The number of phenolic OH excluding ortho intramolecular Hbond substituents is 1. The first-order chi connectivity index (χ1) is 14.4. The van der Waals surface area contributed by atoms with Crippen molar-refractivity contribution < 1.29 is 19.4 Å². The lowest BCUT2D eigenvalue weighted by Gasteiger charge is -2.29. The lowest BCUT2D eigenvalue weighted by atomic mass is 9.94. The van der Waals surface area contributed by atoms with Crippen LogP contribution >= 0.6 is 0 Å². The molecule has 4 rings (SSSR count). The van der Waals surface area contributed by atoms with E-state index in [2.05, 4.69) is 15.4 Å². The van der Waals surface area contributed by atoms with E-state index >= 15 is 0 Å². The first kappa shape index (κ1) is 19.3. The molecule has 1 aliphatic rings. The third kappa shape index (κ3) is 3.10. The number of aromatic hydroxyl groups is 1. The zero-order valence-corrected chi connectivity index (χ0v) is 16.7. The summed E-state index contributed by atoms with van der Waals surface area (Å²) in [7, 11) is 3.08. The summed E-state index contributed by atoms with van der Waals surface area (Å²) >= 11 is 0. The van der Waals surface area contributed by atoms with Crippen molar-refractivity contribution in [1.82, 2.24) is 14.8 Å². The van der Waals surface area contributed by atoms with Gasteiger partial charge in [-0.25, -0.2) is 4.68 Å². The molecule has 2 aromatic carbocycles. The van der Waals surface area contributed by atoms with Crippen molar-refractivity contribution >= 4 is 11.9 Å². The fraction of sp³-hybridized carbons (Fsp3) is 0.190. The van der Waals surface area contributed by atoms with Crippen molar-refractivity contribution in [3.05, 3.63) is 59.3 Å². The van der Waals surface area contributed by atoms with E-state index in [0.717, 1.165) is 0 Å².